The maximum Gasteiger partial charge on any atom is 0.251 e. The van der Waals surface area contributed by atoms with Crippen LogP contribution < -0.4 is 5.32 Å². The van der Waals surface area contributed by atoms with Crippen LogP contribution >= 0.6 is 0 Å². The van der Waals surface area contributed by atoms with Gasteiger partial charge in [0.2, 0.25) is 10.0 Å². The molecule has 2 rings (SSSR count). The van der Waals surface area contributed by atoms with Gasteiger partial charge in [0.25, 0.3) is 5.91 Å². The second-order valence-electron chi connectivity index (χ2n) is 5.76. The molecule has 134 valence electrons. The SMILES string of the molecule is CC[C@@H](CO)NC(=O)c1ccc(C)c(S(=O)(=O)N2CCOCC2)c1. The van der Waals surface area contributed by atoms with Crippen LogP contribution in [0.25, 0.3) is 0 Å². The Labute approximate surface area is 142 Å². The van der Waals surface area contributed by atoms with Gasteiger partial charge in [-0.25, -0.2) is 8.42 Å². The van der Waals surface area contributed by atoms with Crippen molar-refractivity contribution in [2.24, 2.45) is 0 Å². The van der Waals surface area contributed by atoms with Crippen LogP contribution in [0.5, 0.6) is 0 Å². The van der Waals surface area contributed by atoms with E-state index in [4.69, 9.17) is 4.74 Å². The molecule has 0 aliphatic carbocycles. The van der Waals surface area contributed by atoms with Crippen molar-refractivity contribution < 1.29 is 23.1 Å². The molecule has 1 aromatic rings. The Hall–Kier alpha value is -1.48. The molecule has 2 N–H and O–H groups in total. The highest BCUT2D eigenvalue weighted by atomic mass is 32.2. The number of sulfonamides is 1. The van der Waals surface area contributed by atoms with Gasteiger partial charge in [-0.15, -0.1) is 0 Å². The molecule has 0 spiro atoms. The number of morpholine rings is 1. The minimum absolute atomic E-state index is 0.133. The number of aryl methyl sites for hydroxylation is 1. The number of carbonyl (C=O) groups is 1. The van der Waals surface area contributed by atoms with Gasteiger partial charge in [0.05, 0.1) is 30.8 Å². The van der Waals surface area contributed by atoms with Crippen molar-refractivity contribution in [1.29, 1.82) is 0 Å². The largest absolute Gasteiger partial charge is 0.394 e. The fourth-order valence-corrected chi connectivity index (χ4v) is 4.15. The lowest BCUT2D eigenvalue weighted by atomic mass is 10.1. The van der Waals surface area contributed by atoms with Crippen LogP contribution in [0.3, 0.4) is 0 Å². The van der Waals surface area contributed by atoms with Gasteiger partial charge < -0.3 is 15.2 Å². The summed E-state index contributed by atoms with van der Waals surface area (Å²) in [5.74, 6) is -0.394. The summed E-state index contributed by atoms with van der Waals surface area (Å²) in [5.41, 5.74) is 0.853. The predicted molar refractivity (Wildman–Crippen MR) is 89.4 cm³/mol. The summed E-state index contributed by atoms with van der Waals surface area (Å²) < 4.78 is 32.2. The van der Waals surface area contributed by atoms with E-state index >= 15 is 0 Å². The summed E-state index contributed by atoms with van der Waals surface area (Å²) in [7, 11) is -3.66. The van der Waals surface area contributed by atoms with Crippen molar-refractivity contribution in [2.45, 2.75) is 31.2 Å². The lowest BCUT2D eigenvalue weighted by Crippen LogP contribution is -2.41. The molecular formula is C16H24N2O5S. The maximum atomic E-state index is 12.8. The van der Waals surface area contributed by atoms with Crippen molar-refractivity contribution in [1.82, 2.24) is 9.62 Å². The zero-order valence-electron chi connectivity index (χ0n) is 14.0. The van der Waals surface area contributed by atoms with Crippen LogP contribution in [0.4, 0.5) is 0 Å². The summed E-state index contributed by atoms with van der Waals surface area (Å²) in [6.07, 6.45) is 0.590. The Balaban J connectivity index is 2.29. The Morgan fingerprint density at radius 2 is 2.04 bits per heavy atom. The zero-order valence-corrected chi connectivity index (χ0v) is 14.8. The lowest BCUT2D eigenvalue weighted by Gasteiger charge is -2.26. The van der Waals surface area contributed by atoms with Crippen LogP contribution in [-0.2, 0) is 14.8 Å². The summed E-state index contributed by atoms with van der Waals surface area (Å²) in [4.78, 5) is 12.4. The highest BCUT2D eigenvalue weighted by Crippen LogP contribution is 2.22. The van der Waals surface area contributed by atoms with Crippen LogP contribution in [-0.4, -0.2) is 62.7 Å². The number of aliphatic hydroxyl groups excluding tert-OH is 1. The lowest BCUT2D eigenvalue weighted by molar-refractivity contribution is 0.0730. The van der Waals surface area contributed by atoms with Gasteiger partial charge in [-0.3, -0.25) is 4.79 Å². The molecule has 1 aromatic carbocycles. The van der Waals surface area contributed by atoms with Crippen LogP contribution in [0, 0.1) is 6.92 Å². The minimum atomic E-state index is -3.66. The number of rotatable bonds is 6. The average molecular weight is 356 g/mol. The van der Waals surface area contributed by atoms with Crippen molar-refractivity contribution in [3.63, 3.8) is 0 Å². The van der Waals surface area contributed by atoms with E-state index < -0.39 is 15.9 Å². The van der Waals surface area contributed by atoms with E-state index in [2.05, 4.69) is 5.32 Å². The third-order valence-electron chi connectivity index (χ3n) is 4.09. The standard InChI is InChI=1S/C16H24N2O5S/c1-3-14(11-19)17-16(20)13-5-4-12(2)15(10-13)24(21,22)18-6-8-23-9-7-18/h4-5,10,14,19H,3,6-9,11H2,1-2H3,(H,17,20)/t14-/m0/s1. The summed E-state index contributed by atoms with van der Waals surface area (Å²) >= 11 is 0. The molecule has 1 aliphatic heterocycles. The first kappa shape index (κ1) is 18.9. The summed E-state index contributed by atoms with van der Waals surface area (Å²) in [6.45, 7) is 4.75. The molecule has 0 unspecified atom stereocenters. The normalized spacial score (nSPS) is 17.5. The molecule has 0 radical (unpaired) electrons. The van der Waals surface area contributed by atoms with E-state index in [1.807, 2.05) is 6.92 Å². The van der Waals surface area contributed by atoms with Crippen molar-refractivity contribution in [2.75, 3.05) is 32.9 Å². The molecule has 1 heterocycles. The number of amides is 1. The van der Waals surface area contributed by atoms with Crippen LogP contribution in [0.15, 0.2) is 23.1 Å². The number of hydrogen-bond acceptors (Lipinski definition) is 5. The topological polar surface area (TPSA) is 95.9 Å². The average Bonchev–Trinajstić information content (AvgIpc) is 2.60. The first-order chi connectivity index (χ1) is 11.4. The van der Waals surface area contributed by atoms with Gasteiger partial charge in [0, 0.05) is 18.7 Å². The minimum Gasteiger partial charge on any atom is -0.394 e. The predicted octanol–water partition coefficient (Wildman–Crippen LogP) is 0.517. The van der Waals surface area contributed by atoms with Crippen LogP contribution in [0.1, 0.15) is 29.3 Å². The summed E-state index contributed by atoms with van der Waals surface area (Å²) in [5, 5.41) is 11.9. The monoisotopic (exact) mass is 356 g/mol. The second-order valence-corrected chi connectivity index (χ2v) is 7.66. The van der Waals surface area contributed by atoms with E-state index in [1.165, 1.54) is 10.4 Å². The third kappa shape index (κ3) is 4.13. The molecule has 0 bridgehead atoms. The zero-order chi connectivity index (χ0) is 17.7. The van der Waals surface area contributed by atoms with E-state index in [0.717, 1.165) is 0 Å². The fourth-order valence-electron chi connectivity index (χ4n) is 2.49. The van der Waals surface area contributed by atoms with Gasteiger partial charge in [0.15, 0.2) is 0 Å². The Morgan fingerprint density at radius 1 is 1.38 bits per heavy atom. The van der Waals surface area contributed by atoms with Gasteiger partial charge in [-0.1, -0.05) is 13.0 Å². The number of ether oxygens (including phenoxy) is 1. The van der Waals surface area contributed by atoms with Crippen molar-refractivity contribution in [3.8, 4) is 0 Å². The van der Waals surface area contributed by atoms with Gasteiger partial charge in [-0.2, -0.15) is 4.31 Å². The summed E-state index contributed by atoms with van der Waals surface area (Å²) in [6, 6.07) is 4.27. The number of hydrogen-bond donors (Lipinski definition) is 2. The Morgan fingerprint density at radius 3 is 2.62 bits per heavy atom. The maximum absolute atomic E-state index is 12.8. The van der Waals surface area contributed by atoms with Crippen LogP contribution in [0.2, 0.25) is 0 Å². The molecule has 24 heavy (non-hydrogen) atoms. The van der Waals surface area contributed by atoms with E-state index in [-0.39, 0.29) is 23.1 Å². The van der Waals surface area contributed by atoms with Gasteiger partial charge in [-0.05, 0) is 31.0 Å². The number of aliphatic hydroxyl groups is 1. The molecule has 8 heteroatoms. The number of benzene rings is 1. The highest BCUT2D eigenvalue weighted by molar-refractivity contribution is 7.89. The first-order valence-corrected chi connectivity index (χ1v) is 9.44. The third-order valence-corrected chi connectivity index (χ3v) is 6.13. The molecule has 1 saturated heterocycles. The molecule has 0 aromatic heterocycles. The molecule has 0 saturated carbocycles. The molecule has 1 aliphatic rings. The Bertz CT molecular complexity index is 680. The Kier molecular flexibility index (Phi) is 6.34. The van der Waals surface area contributed by atoms with E-state index in [1.54, 1.807) is 19.1 Å². The molecule has 7 nitrogen and oxygen atoms in total. The number of nitrogens with one attached hydrogen (secondary N) is 1. The van der Waals surface area contributed by atoms with E-state index in [9.17, 15) is 18.3 Å². The number of carbonyl (C=O) groups excluding carboxylic acids is 1. The molecule has 1 atom stereocenters. The first-order valence-electron chi connectivity index (χ1n) is 8.00. The highest BCUT2D eigenvalue weighted by Gasteiger charge is 2.28. The van der Waals surface area contributed by atoms with Gasteiger partial charge >= 0.3 is 0 Å². The smallest absolute Gasteiger partial charge is 0.251 e. The van der Waals surface area contributed by atoms with E-state index in [0.29, 0.717) is 38.3 Å². The fraction of sp³-hybridized carbons (Fsp3) is 0.562. The van der Waals surface area contributed by atoms with Crippen molar-refractivity contribution in [3.05, 3.63) is 29.3 Å². The number of nitrogens with zero attached hydrogens (tertiary/aromatic N) is 1. The molecule has 1 amide bonds. The molecular weight excluding hydrogens is 332 g/mol. The van der Waals surface area contributed by atoms with Crippen molar-refractivity contribution >= 4 is 15.9 Å². The molecule has 1 fully saturated rings. The second kappa shape index (κ2) is 8.06. The van der Waals surface area contributed by atoms with Gasteiger partial charge in [0.1, 0.15) is 0 Å². The quantitative estimate of drug-likeness (QED) is 0.775.